The van der Waals surface area contributed by atoms with Crippen molar-refractivity contribution in [3.63, 3.8) is 0 Å². The molecule has 0 spiro atoms. The minimum absolute atomic E-state index is 0.0272. The average molecular weight is 438 g/mol. The molecule has 0 aliphatic rings. The predicted molar refractivity (Wildman–Crippen MR) is 119 cm³/mol. The van der Waals surface area contributed by atoms with Gasteiger partial charge in [-0.25, -0.2) is 13.9 Å². The lowest BCUT2D eigenvalue weighted by molar-refractivity contribution is 0.102. The van der Waals surface area contributed by atoms with Gasteiger partial charge in [0.2, 0.25) is 5.16 Å². The fourth-order valence-corrected chi connectivity index (χ4v) is 4.31. The predicted octanol–water partition coefficient (Wildman–Crippen LogP) is 4.63. The van der Waals surface area contributed by atoms with Crippen molar-refractivity contribution in [3.8, 4) is 0 Å². The van der Waals surface area contributed by atoms with Gasteiger partial charge in [-0.1, -0.05) is 23.9 Å². The van der Waals surface area contributed by atoms with Crippen molar-refractivity contribution in [1.82, 2.24) is 24.1 Å². The maximum Gasteiger partial charge on any atom is 0.253 e. The quantitative estimate of drug-likeness (QED) is 0.325. The summed E-state index contributed by atoms with van der Waals surface area (Å²) >= 11 is 1.32. The Morgan fingerprint density at radius 1 is 1.03 bits per heavy atom. The normalized spacial score (nSPS) is 11.4. The van der Waals surface area contributed by atoms with Crippen LogP contribution < -0.4 is 0 Å². The number of Topliss-reactive ketones (excluding diaryl/α,β-unsaturated/α-hetero) is 1. The van der Waals surface area contributed by atoms with Crippen LogP contribution in [0.15, 0.2) is 35.5 Å². The van der Waals surface area contributed by atoms with Crippen LogP contribution in [0.5, 0.6) is 0 Å². The van der Waals surface area contributed by atoms with E-state index in [1.54, 1.807) is 16.6 Å². The summed E-state index contributed by atoms with van der Waals surface area (Å²) in [4.78, 5) is 21.9. The molecule has 160 valence electrons. The van der Waals surface area contributed by atoms with E-state index in [1.807, 2.05) is 40.7 Å². The number of hydrogen-bond donors (Lipinski definition) is 0. The second-order valence-electron chi connectivity index (χ2n) is 7.72. The summed E-state index contributed by atoms with van der Waals surface area (Å²) in [6, 6.07) is 8.35. The molecule has 1 aromatic carbocycles. The molecule has 6 nitrogen and oxygen atoms in total. The van der Waals surface area contributed by atoms with E-state index in [-0.39, 0.29) is 17.4 Å². The van der Waals surface area contributed by atoms with Gasteiger partial charge >= 0.3 is 0 Å². The highest BCUT2D eigenvalue weighted by Gasteiger charge is 2.18. The van der Waals surface area contributed by atoms with Crippen molar-refractivity contribution in [1.29, 1.82) is 0 Å². The van der Waals surface area contributed by atoms with E-state index in [0.29, 0.717) is 23.0 Å². The monoisotopic (exact) mass is 437 g/mol. The summed E-state index contributed by atoms with van der Waals surface area (Å²) in [5, 5.41) is 5.04. The molecule has 4 rings (SSSR count). The largest absolute Gasteiger partial charge is 0.344 e. The van der Waals surface area contributed by atoms with Gasteiger partial charge in [-0.2, -0.15) is 4.98 Å². The van der Waals surface area contributed by atoms with Crippen LogP contribution in [0.1, 0.15) is 44.3 Å². The average Bonchev–Trinajstić information content (AvgIpc) is 3.27. The number of nitrogens with zero attached hydrogens (tertiary/aromatic N) is 5. The minimum atomic E-state index is -0.256. The van der Waals surface area contributed by atoms with Crippen LogP contribution in [0.25, 0.3) is 5.78 Å². The molecule has 0 radical (unpaired) electrons. The Morgan fingerprint density at radius 2 is 1.74 bits per heavy atom. The van der Waals surface area contributed by atoms with Gasteiger partial charge in [0.1, 0.15) is 5.82 Å². The third-order valence-corrected chi connectivity index (χ3v) is 6.54. The highest BCUT2D eigenvalue weighted by molar-refractivity contribution is 7.99. The maximum absolute atomic E-state index is 13.2. The number of fused-ring (bicyclic) bond motifs is 1. The second kappa shape index (κ2) is 8.26. The van der Waals surface area contributed by atoms with Crippen LogP contribution in [-0.4, -0.2) is 35.7 Å². The van der Waals surface area contributed by atoms with Gasteiger partial charge in [0.25, 0.3) is 5.78 Å². The van der Waals surface area contributed by atoms with Crippen LogP contribution in [0.3, 0.4) is 0 Å². The number of rotatable bonds is 6. The molecule has 0 N–H and O–H groups in total. The standard InChI is InChI=1S/C23H24FN5OS/c1-13-10-20(17(5)28(13)11-18-6-8-19(24)9-7-18)21(30)12-31-23-26-22-25-15(3)14(2)16(4)29(22)27-23/h6-10H,11-12H2,1-5H3. The van der Waals surface area contributed by atoms with E-state index in [1.165, 1.54) is 23.9 Å². The Bertz CT molecular complexity index is 1290. The number of ketones is 1. The molecule has 0 aliphatic heterocycles. The molecule has 0 saturated heterocycles. The van der Waals surface area contributed by atoms with E-state index in [9.17, 15) is 9.18 Å². The summed E-state index contributed by atoms with van der Waals surface area (Å²) in [6.45, 7) is 10.5. The summed E-state index contributed by atoms with van der Waals surface area (Å²) < 4.78 is 17.0. The van der Waals surface area contributed by atoms with E-state index in [4.69, 9.17) is 0 Å². The van der Waals surface area contributed by atoms with Crippen molar-refractivity contribution in [2.45, 2.75) is 46.3 Å². The van der Waals surface area contributed by atoms with Gasteiger partial charge in [-0.05, 0) is 63.9 Å². The van der Waals surface area contributed by atoms with Gasteiger partial charge in [0.05, 0.1) is 5.75 Å². The van der Waals surface area contributed by atoms with Crippen LogP contribution in [-0.2, 0) is 6.54 Å². The van der Waals surface area contributed by atoms with Gasteiger partial charge in [-0.15, -0.1) is 5.10 Å². The van der Waals surface area contributed by atoms with Gasteiger partial charge < -0.3 is 4.57 Å². The zero-order valence-corrected chi connectivity index (χ0v) is 19.0. The van der Waals surface area contributed by atoms with Crippen molar-refractivity contribution in [2.75, 3.05) is 5.75 Å². The van der Waals surface area contributed by atoms with Gasteiger partial charge in [0, 0.05) is 34.9 Å². The summed E-state index contributed by atoms with van der Waals surface area (Å²) in [5.74, 6) is 0.565. The maximum atomic E-state index is 13.2. The van der Waals surface area contributed by atoms with E-state index in [0.717, 1.165) is 33.9 Å². The summed E-state index contributed by atoms with van der Waals surface area (Å²) in [5.41, 5.74) is 6.58. The van der Waals surface area contributed by atoms with E-state index >= 15 is 0 Å². The molecule has 0 amide bonds. The molecular weight excluding hydrogens is 413 g/mol. The fourth-order valence-electron chi connectivity index (χ4n) is 3.61. The first kappa shape index (κ1) is 21.2. The van der Waals surface area contributed by atoms with E-state index in [2.05, 4.69) is 19.6 Å². The number of carbonyl (C=O) groups is 1. The molecule has 0 atom stereocenters. The van der Waals surface area contributed by atoms with Gasteiger partial charge in [-0.3, -0.25) is 4.79 Å². The number of benzene rings is 1. The summed E-state index contributed by atoms with van der Waals surface area (Å²) in [7, 11) is 0. The Labute approximate surface area is 184 Å². The Morgan fingerprint density at radius 3 is 2.45 bits per heavy atom. The number of aromatic nitrogens is 5. The first-order chi connectivity index (χ1) is 14.7. The third kappa shape index (κ3) is 4.12. The molecule has 8 heteroatoms. The first-order valence-electron chi connectivity index (χ1n) is 10.0. The topological polar surface area (TPSA) is 65.1 Å². The molecule has 0 fully saturated rings. The van der Waals surface area contributed by atoms with E-state index < -0.39 is 0 Å². The zero-order chi connectivity index (χ0) is 22.3. The molecule has 0 saturated carbocycles. The molecule has 0 bridgehead atoms. The molecule has 4 aromatic rings. The number of carbonyl (C=O) groups excluding carboxylic acids is 1. The summed E-state index contributed by atoms with van der Waals surface area (Å²) in [6.07, 6.45) is 0. The fraction of sp³-hybridized carbons (Fsp3) is 0.304. The third-order valence-electron chi connectivity index (χ3n) is 5.70. The molecule has 3 aromatic heterocycles. The lowest BCUT2D eigenvalue weighted by Gasteiger charge is -2.10. The highest BCUT2D eigenvalue weighted by atomic mass is 32.2. The SMILES string of the molecule is Cc1nc2nc(SCC(=O)c3cc(C)n(Cc4ccc(F)cc4)c3C)nn2c(C)c1C. The lowest BCUT2D eigenvalue weighted by atomic mass is 10.2. The van der Waals surface area contributed by atoms with Crippen LogP contribution >= 0.6 is 11.8 Å². The Balaban J connectivity index is 1.51. The smallest absolute Gasteiger partial charge is 0.253 e. The molecular formula is C23H24FN5OS. The number of thioether (sulfide) groups is 1. The van der Waals surface area contributed by atoms with Crippen molar-refractivity contribution in [3.05, 3.63) is 75.6 Å². The highest BCUT2D eigenvalue weighted by Crippen LogP contribution is 2.22. The van der Waals surface area contributed by atoms with Crippen molar-refractivity contribution in [2.24, 2.45) is 0 Å². The first-order valence-corrected chi connectivity index (χ1v) is 11.0. The minimum Gasteiger partial charge on any atom is -0.344 e. The molecule has 3 heterocycles. The second-order valence-corrected chi connectivity index (χ2v) is 8.67. The Kier molecular flexibility index (Phi) is 5.66. The molecule has 0 unspecified atom stereocenters. The number of aryl methyl sites for hydroxylation is 3. The van der Waals surface area contributed by atoms with Crippen LogP contribution in [0.2, 0.25) is 0 Å². The van der Waals surface area contributed by atoms with Crippen molar-refractivity contribution < 1.29 is 9.18 Å². The van der Waals surface area contributed by atoms with Gasteiger partial charge in [0.15, 0.2) is 5.78 Å². The lowest BCUT2D eigenvalue weighted by Crippen LogP contribution is -2.07. The Hall–Kier alpha value is -3.00. The zero-order valence-electron chi connectivity index (χ0n) is 18.2. The number of hydrogen-bond acceptors (Lipinski definition) is 5. The van der Waals surface area contributed by atoms with Crippen LogP contribution in [0.4, 0.5) is 4.39 Å². The number of halogens is 1. The van der Waals surface area contributed by atoms with Crippen molar-refractivity contribution >= 4 is 23.3 Å². The molecule has 31 heavy (non-hydrogen) atoms. The van der Waals surface area contributed by atoms with Crippen LogP contribution in [0, 0.1) is 40.4 Å². The molecule has 0 aliphatic carbocycles.